The number of nitrogens with zero attached hydrogens (tertiary/aromatic N) is 3. The summed E-state index contributed by atoms with van der Waals surface area (Å²) in [5, 5.41) is 4.75. The van der Waals surface area contributed by atoms with Gasteiger partial charge < -0.3 is 10.5 Å². The number of carbonyl (C=O) groups excluding carboxylic acids is 2. The number of hydrogen-bond acceptors (Lipinski definition) is 7. The van der Waals surface area contributed by atoms with E-state index in [1.54, 1.807) is 35.1 Å². The van der Waals surface area contributed by atoms with Crippen LogP contribution in [0.4, 0.5) is 0 Å². The number of nitrogens with two attached hydrogens (primary N) is 1. The molecule has 184 valence electrons. The van der Waals surface area contributed by atoms with Crippen LogP contribution in [0.2, 0.25) is 0 Å². The molecule has 1 saturated heterocycles. The maximum Gasteiger partial charge on any atom is 0.250 e. The van der Waals surface area contributed by atoms with E-state index in [9.17, 15) is 18.0 Å². The van der Waals surface area contributed by atoms with Crippen LogP contribution >= 0.6 is 0 Å². The van der Waals surface area contributed by atoms with E-state index in [0.29, 0.717) is 55.0 Å². The minimum Gasteiger partial charge on any atom is -0.381 e. The Kier molecular flexibility index (Phi) is 6.41. The van der Waals surface area contributed by atoms with Crippen molar-refractivity contribution in [3.8, 4) is 0 Å². The Morgan fingerprint density at radius 1 is 1.09 bits per heavy atom. The fourth-order valence-corrected chi connectivity index (χ4v) is 6.58. The van der Waals surface area contributed by atoms with Crippen molar-refractivity contribution in [1.29, 1.82) is 0 Å². The lowest BCUT2D eigenvalue weighted by molar-refractivity contribution is -0.122. The summed E-state index contributed by atoms with van der Waals surface area (Å²) in [6, 6.07) is 7.77. The number of sulfone groups is 1. The van der Waals surface area contributed by atoms with E-state index < -0.39 is 21.8 Å². The normalized spacial score (nSPS) is 17.9. The summed E-state index contributed by atoms with van der Waals surface area (Å²) in [6.45, 7) is 1.32. The molecule has 2 aromatic heterocycles. The van der Waals surface area contributed by atoms with Crippen LogP contribution in [0, 0.1) is 5.92 Å². The third kappa shape index (κ3) is 4.85. The lowest BCUT2D eigenvalue weighted by atomic mass is 9.89. The van der Waals surface area contributed by atoms with Crippen molar-refractivity contribution in [2.75, 3.05) is 13.2 Å². The van der Waals surface area contributed by atoms with Crippen LogP contribution in [0.15, 0.2) is 47.6 Å². The summed E-state index contributed by atoms with van der Waals surface area (Å²) in [5.41, 5.74) is 6.74. The predicted octanol–water partition coefficient (Wildman–Crippen LogP) is 2.64. The molecule has 1 atom stereocenters. The van der Waals surface area contributed by atoms with Crippen molar-refractivity contribution in [1.82, 2.24) is 14.8 Å². The van der Waals surface area contributed by atoms with Gasteiger partial charge in [-0.1, -0.05) is 6.07 Å². The number of rotatable bonds is 9. The van der Waals surface area contributed by atoms with E-state index in [4.69, 9.17) is 10.5 Å². The average Bonchev–Trinajstić information content (AvgIpc) is 3.64. The van der Waals surface area contributed by atoms with Crippen LogP contribution in [-0.4, -0.2) is 53.3 Å². The van der Waals surface area contributed by atoms with E-state index in [1.807, 2.05) is 6.07 Å². The number of amides is 1. The Balaban J connectivity index is 1.49. The summed E-state index contributed by atoms with van der Waals surface area (Å²) in [4.78, 5) is 29.5. The number of primary amides is 1. The number of carbonyl (C=O) groups is 2. The highest BCUT2D eigenvalue weighted by Crippen LogP contribution is 2.37. The van der Waals surface area contributed by atoms with Crippen LogP contribution in [0.3, 0.4) is 0 Å². The van der Waals surface area contributed by atoms with Crippen LogP contribution < -0.4 is 5.73 Å². The number of Topliss-reactive ketones (excluding diaryl/α,β-unsaturated/α-hetero) is 1. The summed E-state index contributed by atoms with van der Waals surface area (Å²) in [6.07, 6.45) is 6.65. The molecule has 1 unspecified atom stereocenters. The number of aromatic nitrogens is 3. The summed E-state index contributed by atoms with van der Waals surface area (Å²) in [5.74, 6) is -0.357. The molecule has 0 spiro atoms. The van der Waals surface area contributed by atoms with Crippen LogP contribution in [-0.2, 0) is 25.8 Å². The van der Waals surface area contributed by atoms with E-state index in [2.05, 4.69) is 10.1 Å². The first-order valence-corrected chi connectivity index (χ1v) is 13.4. The topological polar surface area (TPSA) is 134 Å². The molecule has 1 aliphatic heterocycles. The number of fused-ring (bicyclic) bond motifs is 1. The average molecular weight is 497 g/mol. The molecule has 1 aliphatic carbocycles. The number of ketones is 1. The zero-order valence-electron chi connectivity index (χ0n) is 19.3. The van der Waals surface area contributed by atoms with Crippen molar-refractivity contribution < 1.29 is 22.7 Å². The smallest absolute Gasteiger partial charge is 0.250 e. The van der Waals surface area contributed by atoms with Gasteiger partial charge in [-0.05, 0) is 62.3 Å². The number of hydrogen-bond donors (Lipinski definition) is 1. The Hall–Kier alpha value is -3.11. The first kappa shape index (κ1) is 23.6. The number of benzene rings is 1. The van der Waals surface area contributed by atoms with Crippen molar-refractivity contribution in [2.24, 2.45) is 11.7 Å². The first-order valence-electron chi connectivity index (χ1n) is 11.9. The molecule has 1 amide bonds. The molecular formula is C25H28N4O5S. The minimum atomic E-state index is -3.41. The molecule has 5 rings (SSSR count). The summed E-state index contributed by atoms with van der Waals surface area (Å²) < 4.78 is 33.2. The lowest BCUT2D eigenvalue weighted by Gasteiger charge is -2.26. The zero-order chi connectivity index (χ0) is 24.6. The van der Waals surface area contributed by atoms with Gasteiger partial charge >= 0.3 is 0 Å². The molecular weight excluding hydrogens is 468 g/mol. The zero-order valence-corrected chi connectivity index (χ0v) is 20.1. The Bertz CT molecular complexity index is 1360. The Labute approximate surface area is 203 Å². The molecule has 2 fully saturated rings. The highest BCUT2D eigenvalue weighted by Gasteiger charge is 2.38. The molecule has 2 aliphatic rings. The van der Waals surface area contributed by atoms with E-state index in [-0.39, 0.29) is 27.9 Å². The van der Waals surface area contributed by atoms with E-state index in [0.717, 1.165) is 12.8 Å². The molecule has 10 heteroatoms. The van der Waals surface area contributed by atoms with Crippen LogP contribution in [0.1, 0.15) is 54.2 Å². The molecule has 1 aromatic carbocycles. The van der Waals surface area contributed by atoms with Gasteiger partial charge in [-0.3, -0.25) is 19.3 Å². The minimum absolute atomic E-state index is 0.0638. The van der Waals surface area contributed by atoms with Crippen molar-refractivity contribution in [2.45, 2.75) is 54.7 Å². The van der Waals surface area contributed by atoms with Crippen LogP contribution in [0.25, 0.3) is 10.9 Å². The molecule has 0 radical (unpaired) electrons. The monoisotopic (exact) mass is 496 g/mol. The number of ether oxygens (including phenoxy) is 1. The van der Waals surface area contributed by atoms with Crippen molar-refractivity contribution >= 4 is 32.4 Å². The second-order valence-corrected chi connectivity index (χ2v) is 11.6. The quantitative estimate of drug-likeness (QED) is 0.481. The largest absolute Gasteiger partial charge is 0.381 e. The maximum atomic E-state index is 13.6. The fourth-order valence-electron chi connectivity index (χ4n) is 4.74. The third-order valence-corrected chi connectivity index (χ3v) is 9.22. The molecule has 2 N–H and O–H groups in total. The van der Waals surface area contributed by atoms with Gasteiger partial charge in [-0.15, -0.1) is 0 Å². The fraction of sp³-hybridized carbons (Fsp3) is 0.440. The van der Waals surface area contributed by atoms with E-state index in [1.165, 1.54) is 6.20 Å². The SMILES string of the molecule is NC(=O)c1ccc(CC(=O)C(CC2CCOCC2)n2ncc3c(S(=O)(=O)C4CC4)cccc32)nc1. The Morgan fingerprint density at radius 2 is 1.86 bits per heavy atom. The van der Waals surface area contributed by atoms with Gasteiger partial charge in [0.1, 0.15) is 6.04 Å². The molecule has 3 aromatic rings. The summed E-state index contributed by atoms with van der Waals surface area (Å²) in [7, 11) is -3.41. The van der Waals surface area contributed by atoms with Crippen molar-refractivity contribution in [3.05, 3.63) is 54.0 Å². The molecule has 3 heterocycles. The lowest BCUT2D eigenvalue weighted by Crippen LogP contribution is -2.27. The van der Waals surface area contributed by atoms with Crippen LogP contribution in [0.5, 0.6) is 0 Å². The maximum absolute atomic E-state index is 13.6. The third-order valence-electron chi connectivity index (χ3n) is 6.90. The van der Waals surface area contributed by atoms with Gasteiger partial charge in [0.2, 0.25) is 5.91 Å². The summed E-state index contributed by atoms with van der Waals surface area (Å²) >= 11 is 0. The first-order chi connectivity index (χ1) is 16.8. The van der Waals surface area contributed by atoms with Gasteiger partial charge in [0, 0.05) is 30.5 Å². The van der Waals surface area contributed by atoms with E-state index >= 15 is 0 Å². The second-order valence-electron chi connectivity index (χ2n) is 9.38. The second kappa shape index (κ2) is 9.50. The van der Waals surface area contributed by atoms with Gasteiger partial charge in [0.25, 0.3) is 0 Å². The molecule has 9 nitrogen and oxygen atoms in total. The van der Waals surface area contributed by atoms with Gasteiger partial charge in [0.05, 0.1) is 33.8 Å². The highest BCUT2D eigenvalue weighted by molar-refractivity contribution is 7.92. The standard InChI is InChI=1S/C25H28N4O5S/c26-25(31)17-4-5-18(27-14-17)13-23(30)22(12-16-8-10-34-11-9-16)29-21-2-1-3-24(20(21)15-28-29)35(32,33)19-6-7-19/h1-5,14-16,19,22H,6-13H2,(H2,26,31). The highest BCUT2D eigenvalue weighted by atomic mass is 32.2. The van der Waals surface area contributed by atoms with Crippen molar-refractivity contribution in [3.63, 3.8) is 0 Å². The number of pyridine rings is 1. The van der Waals surface area contributed by atoms with Gasteiger partial charge in [-0.25, -0.2) is 8.42 Å². The van der Waals surface area contributed by atoms with Gasteiger partial charge in [0.15, 0.2) is 15.6 Å². The molecule has 1 saturated carbocycles. The predicted molar refractivity (Wildman–Crippen MR) is 129 cm³/mol. The van der Waals surface area contributed by atoms with Gasteiger partial charge in [-0.2, -0.15) is 5.10 Å². The Morgan fingerprint density at radius 3 is 2.51 bits per heavy atom. The molecule has 0 bridgehead atoms. The molecule has 35 heavy (non-hydrogen) atoms.